The zero-order valence-corrected chi connectivity index (χ0v) is 19.9. The Bertz CT molecular complexity index is 980. The molecule has 2 heterocycles. The van der Waals surface area contributed by atoms with Gasteiger partial charge in [-0.25, -0.2) is 0 Å². The second kappa shape index (κ2) is 10.9. The molecule has 1 saturated heterocycles. The number of nitrogens with zero attached hydrogens (tertiary/aromatic N) is 3. The lowest BCUT2D eigenvalue weighted by atomic mass is 10.1. The second-order valence-corrected chi connectivity index (χ2v) is 9.21. The Morgan fingerprint density at radius 3 is 2.68 bits per heavy atom. The molecule has 166 valence electrons. The Labute approximate surface area is 193 Å². The van der Waals surface area contributed by atoms with Gasteiger partial charge >= 0.3 is 0 Å². The fourth-order valence-electron chi connectivity index (χ4n) is 3.43. The summed E-state index contributed by atoms with van der Waals surface area (Å²) in [5, 5.41) is 7.88. The van der Waals surface area contributed by atoms with E-state index < -0.39 is 0 Å². The first-order valence-corrected chi connectivity index (χ1v) is 12.1. The molecule has 2 aromatic rings. The lowest BCUT2D eigenvalue weighted by Crippen LogP contribution is -2.37. The fourth-order valence-corrected chi connectivity index (χ4v) is 4.66. The highest BCUT2D eigenvalue weighted by atomic mass is 35.5. The number of carbonyl (C=O) groups excluding carboxylic acids is 2. The van der Waals surface area contributed by atoms with Gasteiger partial charge in [-0.05, 0) is 50.1 Å². The Balaban J connectivity index is 1.65. The van der Waals surface area contributed by atoms with E-state index in [1.165, 1.54) is 6.08 Å². The molecule has 0 unspecified atom stereocenters. The van der Waals surface area contributed by atoms with E-state index in [-0.39, 0.29) is 11.8 Å². The van der Waals surface area contributed by atoms with E-state index in [4.69, 9.17) is 11.6 Å². The standard InChI is InChI=1S/C23H29ClN4O2S/c1-4-5-10-28-22(24)19(17(3)26-28)7-9-21(29)25-20-8-6-18(15-16(20)2)23(30)27-11-13-31-14-12-27/h6-9,15H,4-5,10-14H2,1-3H3,(H,25,29). The van der Waals surface area contributed by atoms with Crippen molar-refractivity contribution in [3.63, 3.8) is 0 Å². The van der Waals surface area contributed by atoms with E-state index in [0.717, 1.165) is 60.8 Å². The molecule has 0 saturated carbocycles. The highest BCUT2D eigenvalue weighted by molar-refractivity contribution is 7.99. The first kappa shape index (κ1) is 23.4. The number of rotatable bonds is 7. The van der Waals surface area contributed by atoms with Crippen molar-refractivity contribution >= 4 is 46.9 Å². The fraction of sp³-hybridized carbons (Fsp3) is 0.435. The van der Waals surface area contributed by atoms with Gasteiger partial charge in [0.25, 0.3) is 5.91 Å². The molecule has 1 fully saturated rings. The average Bonchev–Trinajstić information content (AvgIpc) is 3.04. The Morgan fingerprint density at radius 1 is 1.26 bits per heavy atom. The van der Waals surface area contributed by atoms with E-state index in [2.05, 4.69) is 17.3 Å². The van der Waals surface area contributed by atoms with Gasteiger partial charge in [-0.3, -0.25) is 14.3 Å². The van der Waals surface area contributed by atoms with Gasteiger partial charge in [-0.2, -0.15) is 16.9 Å². The molecular weight excluding hydrogens is 432 g/mol. The molecule has 0 spiro atoms. The third kappa shape index (κ3) is 5.92. The third-order valence-electron chi connectivity index (χ3n) is 5.26. The molecule has 0 aliphatic carbocycles. The number of anilines is 1. The maximum Gasteiger partial charge on any atom is 0.253 e. The number of hydrogen-bond donors (Lipinski definition) is 1. The van der Waals surface area contributed by atoms with Crippen molar-refractivity contribution in [2.24, 2.45) is 0 Å². The number of hydrogen-bond acceptors (Lipinski definition) is 4. The van der Waals surface area contributed by atoms with Crippen molar-refractivity contribution in [1.29, 1.82) is 0 Å². The Kier molecular flexibility index (Phi) is 8.21. The van der Waals surface area contributed by atoms with Gasteiger partial charge in [0.15, 0.2) is 0 Å². The van der Waals surface area contributed by atoms with Crippen LogP contribution < -0.4 is 5.32 Å². The number of carbonyl (C=O) groups is 2. The quantitative estimate of drug-likeness (QED) is 0.603. The van der Waals surface area contributed by atoms with Crippen LogP contribution in [0.15, 0.2) is 24.3 Å². The van der Waals surface area contributed by atoms with Crippen molar-refractivity contribution in [3.05, 3.63) is 51.8 Å². The zero-order chi connectivity index (χ0) is 22.4. The smallest absolute Gasteiger partial charge is 0.253 e. The zero-order valence-electron chi connectivity index (χ0n) is 18.3. The minimum Gasteiger partial charge on any atom is -0.337 e. The molecule has 8 heteroatoms. The van der Waals surface area contributed by atoms with Crippen molar-refractivity contribution in [1.82, 2.24) is 14.7 Å². The highest BCUT2D eigenvalue weighted by Gasteiger charge is 2.19. The first-order valence-electron chi connectivity index (χ1n) is 10.6. The normalized spacial score (nSPS) is 14.3. The molecule has 1 N–H and O–H groups in total. The van der Waals surface area contributed by atoms with Crippen LogP contribution in [0.3, 0.4) is 0 Å². The highest BCUT2D eigenvalue weighted by Crippen LogP contribution is 2.23. The number of nitrogens with one attached hydrogen (secondary N) is 1. The summed E-state index contributed by atoms with van der Waals surface area (Å²) in [4.78, 5) is 27.0. The number of aryl methyl sites for hydroxylation is 3. The van der Waals surface area contributed by atoms with E-state index in [9.17, 15) is 9.59 Å². The lowest BCUT2D eigenvalue weighted by molar-refractivity contribution is -0.111. The predicted molar refractivity (Wildman–Crippen MR) is 129 cm³/mol. The van der Waals surface area contributed by atoms with Crippen molar-refractivity contribution in [3.8, 4) is 0 Å². The van der Waals surface area contributed by atoms with Crippen LogP contribution in [0.5, 0.6) is 0 Å². The molecule has 0 atom stereocenters. The number of unbranched alkanes of at least 4 members (excludes halogenated alkanes) is 1. The molecule has 1 aromatic carbocycles. The van der Waals surface area contributed by atoms with Gasteiger partial charge in [-0.1, -0.05) is 24.9 Å². The van der Waals surface area contributed by atoms with E-state index in [0.29, 0.717) is 16.4 Å². The first-order chi connectivity index (χ1) is 14.9. The molecule has 0 radical (unpaired) electrons. The summed E-state index contributed by atoms with van der Waals surface area (Å²) in [6, 6.07) is 5.39. The summed E-state index contributed by atoms with van der Waals surface area (Å²) in [6.45, 7) is 8.21. The van der Waals surface area contributed by atoms with Crippen LogP contribution in [0, 0.1) is 13.8 Å². The van der Waals surface area contributed by atoms with Gasteiger partial charge in [0, 0.05) is 54.0 Å². The lowest BCUT2D eigenvalue weighted by Gasteiger charge is -2.26. The van der Waals surface area contributed by atoms with Crippen molar-refractivity contribution in [2.75, 3.05) is 29.9 Å². The molecule has 31 heavy (non-hydrogen) atoms. The summed E-state index contributed by atoms with van der Waals surface area (Å²) in [7, 11) is 0. The summed E-state index contributed by atoms with van der Waals surface area (Å²) < 4.78 is 1.78. The number of benzene rings is 1. The minimum atomic E-state index is -0.257. The van der Waals surface area contributed by atoms with E-state index >= 15 is 0 Å². The topological polar surface area (TPSA) is 67.2 Å². The van der Waals surface area contributed by atoms with Crippen LogP contribution >= 0.6 is 23.4 Å². The maximum atomic E-state index is 12.7. The van der Waals surface area contributed by atoms with Gasteiger partial charge in [0.05, 0.1) is 5.69 Å². The van der Waals surface area contributed by atoms with Gasteiger partial charge in [0.1, 0.15) is 5.15 Å². The number of amides is 2. The molecule has 6 nitrogen and oxygen atoms in total. The molecule has 2 amide bonds. The SMILES string of the molecule is CCCCn1nc(C)c(C=CC(=O)Nc2ccc(C(=O)N3CCSCC3)cc2C)c1Cl. The minimum absolute atomic E-state index is 0.0476. The molecule has 3 rings (SSSR count). The number of thioether (sulfide) groups is 1. The average molecular weight is 461 g/mol. The molecule has 0 bridgehead atoms. The molecular formula is C23H29ClN4O2S. The monoisotopic (exact) mass is 460 g/mol. The van der Waals surface area contributed by atoms with Crippen LogP contribution in [0.25, 0.3) is 6.08 Å². The molecule has 1 aliphatic rings. The molecule has 1 aromatic heterocycles. The van der Waals surface area contributed by atoms with E-state index in [1.807, 2.05) is 36.6 Å². The van der Waals surface area contributed by atoms with Crippen LogP contribution in [-0.2, 0) is 11.3 Å². The van der Waals surface area contributed by atoms with Crippen molar-refractivity contribution < 1.29 is 9.59 Å². The van der Waals surface area contributed by atoms with Gasteiger partial charge < -0.3 is 10.2 Å². The van der Waals surface area contributed by atoms with Crippen LogP contribution in [0.4, 0.5) is 5.69 Å². The summed E-state index contributed by atoms with van der Waals surface area (Å²) in [5.74, 6) is 1.75. The molecule has 1 aliphatic heterocycles. The van der Waals surface area contributed by atoms with E-state index in [1.54, 1.807) is 22.9 Å². The summed E-state index contributed by atoms with van der Waals surface area (Å²) >= 11 is 8.30. The second-order valence-electron chi connectivity index (χ2n) is 7.62. The van der Waals surface area contributed by atoms with Crippen molar-refractivity contribution in [2.45, 2.75) is 40.2 Å². The third-order valence-corrected chi connectivity index (χ3v) is 6.60. The number of halogens is 1. The maximum absolute atomic E-state index is 12.7. The number of aromatic nitrogens is 2. The summed E-state index contributed by atoms with van der Waals surface area (Å²) in [6.07, 6.45) is 5.22. The van der Waals surface area contributed by atoms with Gasteiger partial charge in [-0.15, -0.1) is 0 Å². The van der Waals surface area contributed by atoms with Crippen LogP contribution in [0.2, 0.25) is 5.15 Å². The van der Waals surface area contributed by atoms with Crippen LogP contribution in [-0.4, -0.2) is 51.1 Å². The summed E-state index contributed by atoms with van der Waals surface area (Å²) in [5.41, 5.74) is 3.73. The largest absolute Gasteiger partial charge is 0.337 e. The predicted octanol–water partition coefficient (Wildman–Crippen LogP) is 4.79. The van der Waals surface area contributed by atoms with Gasteiger partial charge in [0.2, 0.25) is 5.91 Å². The Hall–Kier alpha value is -2.25. The Morgan fingerprint density at radius 2 is 2.00 bits per heavy atom. The van der Waals surface area contributed by atoms with Crippen LogP contribution in [0.1, 0.15) is 46.9 Å².